The maximum atomic E-state index is 14.2. The molecule has 3 aromatic rings. The lowest BCUT2D eigenvalue weighted by Crippen LogP contribution is -2.53. The fourth-order valence-corrected chi connectivity index (χ4v) is 7.14. The molecule has 0 aromatic heterocycles. The Balaban J connectivity index is 1.71. The van der Waals surface area contributed by atoms with Gasteiger partial charge in [-0.25, -0.2) is 8.42 Å². The third-order valence-electron chi connectivity index (χ3n) is 7.81. The van der Waals surface area contributed by atoms with Crippen LogP contribution in [0, 0.1) is 13.8 Å². The number of hydrogen-bond donors (Lipinski definition) is 1. The van der Waals surface area contributed by atoms with Crippen LogP contribution in [0.25, 0.3) is 0 Å². The maximum absolute atomic E-state index is 14.2. The lowest BCUT2D eigenvalue weighted by Gasteiger charge is -2.33. The number of hydrogen-bond acceptors (Lipinski definition) is 4. The predicted octanol–water partition coefficient (Wildman–Crippen LogP) is 7.33. The van der Waals surface area contributed by atoms with E-state index in [1.807, 2.05) is 6.92 Å². The average molecular weight is 665 g/mol. The molecule has 3 aromatic carbocycles. The standard InChI is InChI=1S/C32H36Cl3N3O4S/c1-21-9-15-28(16-10-21)43(41,42)38(27-14-11-22(2)29(34)18-27)20-31(39)37(19-24-12-13-25(33)17-30(24)35)23(3)32(40)36-26-7-5-4-6-8-26/h9-18,23,26H,4-8,19-20H2,1-3H3,(H,36,40)/t23-/m1/s1. The second kappa shape index (κ2) is 14.3. The van der Waals surface area contributed by atoms with Gasteiger partial charge in [0.15, 0.2) is 0 Å². The first kappa shape index (κ1) is 33.1. The summed E-state index contributed by atoms with van der Waals surface area (Å²) >= 11 is 19.0. The van der Waals surface area contributed by atoms with Crippen LogP contribution in [0.2, 0.25) is 15.1 Å². The normalized spacial score (nSPS) is 14.7. The summed E-state index contributed by atoms with van der Waals surface area (Å²) in [4.78, 5) is 29.0. The van der Waals surface area contributed by atoms with Gasteiger partial charge in [0.2, 0.25) is 11.8 Å². The number of nitrogens with zero attached hydrogens (tertiary/aromatic N) is 2. The number of halogens is 3. The summed E-state index contributed by atoms with van der Waals surface area (Å²) in [5.41, 5.74) is 2.46. The second-order valence-corrected chi connectivity index (χ2v) is 14.1. The van der Waals surface area contributed by atoms with E-state index in [0.717, 1.165) is 47.5 Å². The van der Waals surface area contributed by atoms with E-state index in [0.29, 0.717) is 20.6 Å². The lowest BCUT2D eigenvalue weighted by molar-refractivity contribution is -0.139. The SMILES string of the molecule is Cc1ccc(S(=O)(=O)N(CC(=O)N(Cc2ccc(Cl)cc2Cl)[C@H](C)C(=O)NC2CCCCC2)c2ccc(C)c(Cl)c2)cc1. The van der Waals surface area contributed by atoms with E-state index < -0.39 is 28.5 Å². The Hall–Kier alpha value is -2.78. The van der Waals surface area contributed by atoms with Crippen molar-refractivity contribution < 1.29 is 18.0 Å². The van der Waals surface area contributed by atoms with Crippen molar-refractivity contribution in [1.82, 2.24) is 10.2 Å². The van der Waals surface area contributed by atoms with Gasteiger partial charge in [0.1, 0.15) is 12.6 Å². The smallest absolute Gasteiger partial charge is 0.264 e. The zero-order valence-electron chi connectivity index (χ0n) is 24.4. The number of carbonyl (C=O) groups is 2. The minimum absolute atomic E-state index is 0.0259. The van der Waals surface area contributed by atoms with E-state index in [4.69, 9.17) is 34.8 Å². The summed E-state index contributed by atoms with van der Waals surface area (Å²) in [5, 5.41) is 4.21. The molecule has 43 heavy (non-hydrogen) atoms. The number of rotatable bonds is 10. The number of nitrogens with one attached hydrogen (secondary N) is 1. The molecule has 4 rings (SSSR count). The van der Waals surface area contributed by atoms with Crippen molar-refractivity contribution in [2.24, 2.45) is 0 Å². The Labute approximate surface area is 269 Å². The molecule has 0 heterocycles. The highest BCUT2D eigenvalue weighted by Crippen LogP contribution is 2.29. The molecule has 0 saturated heterocycles. The molecule has 7 nitrogen and oxygen atoms in total. The highest BCUT2D eigenvalue weighted by Gasteiger charge is 2.33. The van der Waals surface area contributed by atoms with Crippen LogP contribution in [-0.4, -0.2) is 43.8 Å². The van der Waals surface area contributed by atoms with Crippen LogP contribution >= 0.6 is 34.8 Å². The molecular weight excluding hydrogens is 629 g/mol. The van der Waals surface area contributed by atoms with Crippen LogP contribution in [0.15, 0.2) is 65.6 Å². The second-order valence-electron chi connectivity index (χ2n) is 11.0. The van der Waals surface area contributed by atoms with Gasteiger partial charge in [0.05, 0.1) is 10.6 Å². The van der Waals surface area contributed by atoms with E-state index in [2.05, 4.69) is 5.32 Å². The summed E-state index contributed by atoms with van der Waals surface area (Å²) < 4.78 is 29.1. The number of amides is 2. The molecule has 0 unspecified atom stereocenters. The summed E-state index contributed by atoms with van der Waals surface area (Å²) in [6, 6.07) is 15.3. The Morgan fingerprint density at radius 1 is 0.907 bits per heavy atom. The van der Waals surface area contributed by atoms with Crippen molar-refractivity contribution in [3.05, 3.63) is 92.4 Å². The number of anilines is 1. The van der Waals surface area contributed by atoms with E-state index >= 15 is 0 Å². The molecule has 1 atom stereocenters. The van der Waals surface area contributed by atoms with Crippen molar-refractivity contribution in [2.45, 2.75) is 76.4 Å². The highest BCUT2D eigenvalue weighted by molar-refractivity contribution is 7.92. The van der Waals surface area contributed by atoms with Gasteiger partial charge in [-0.2, -0.15) is 0 Å². The van der Waals surface area contributed by atoms with Crippen LogP contribution in [-0.2, 0) is 26.2 Å². The van der Waals surface area contributed by atoms with Gasteiger partial charge in [-0.15, -0.1) is 0 Å². The maximum Gasteiger partial charge on any atom is 0.264 e. The molecule has 1 fully saturated rings. The first-order valence-corrected chi connectivity index (χ1v) is 16.8. The zero-order chi connectivity index (χ0) is 31.3. The van der Waals surface area contributed by atoms with Gasteiger partial charge >= 0.3 is 0 Å². The summed E-state index contributed by atoms with van der Waals surface area (Å²) in [5.74, 6) is -0.888. The molecule has 11 heteroatoms. The van der Waals surface area contributed by atoms with E-state index in [1.54, 1.807) is 56.3 Å². The third-order valence-corrected chi connectivity index (χ3v) is 10.6. The van der Waals surface area contributed by atoms with Crippen molar-refractivity contribution in [3.8, 4) is 0 Å². The molecule has 0 radical (unpaired) electrons. The van der Waals surface area contributed by atoms with Crippen LogP contribution in [0.5, 0.6) is 0 Å². The van der Waals surface area contributed by atoms with Crippen molar-refractivity contribution in [2.75, 3.05) is 10.8 Å². The molecule has 2 amide bonds. The first-order valence-electron chi connectivity index (χ1n) is 14.3. The van der Waals surface area contributed by atoms with Gasteiger partial charge in [0, 0.05) is 27.7 Å². The minimum atomic E-state index is -4.20. The number of aryl methyl sites for hydroxylation is 2. The molecule has 1 aliphatic carbocycles. The molecular formula is C32H36Cl3N3O4S. The average Bonchev–Trinajstić information content (AvgIpc) is 2.97. The number of sulfonamides is 1. The van der Waals surface area contributed by atoms with Crippen LogP contribution in [0.1, 0.15) is 55.7 Å². The first-order chi connectivity index (χ1) is 20.4. The number of carbonyl (C=O) groups excluding carboxylic acids is 2. The molecule has 0 bridgehead atoms. The molecule has 0 spiro atoms. The zero-order valence-corrected chi connectivity index (χ0v) is 27.5. The largest absolute Gasteiger partial charge is 0.352 e. The van der Waals surface area contributed by atoms with Gasteiger partial charge in [-0.1, -0.05) is 83.9 Å². The Kier molecular flexibility index (Phi) is 11.0. The van der Waals surface area contributed by atoms with Crippen molar-refractivity contribution in [3.63, 3.8) is 0 Å². The summed E-state index contributed by atoms with van der Waals surface area (Å²) in [7, 11) is -4.20. The Morgan fingerprint density at radius 2 is 1.58 bits per heavy atom. The molecule has 1 aliphatic rings. The Morgan fingerprint density at radius 3 is 2.21 bits per heavy atom. The van der Waals surface area contributed by atoms with E-state index in [9.17, 15) is 18.0 Å². The summed E-state index contributed by atoms with van der Waals surface area (Å²) in [6.45, 7) is 4.71. The van der Waals surface area contributed by atoms with E-state index in [-0.39, 0.29) is 29.1 Å². The minimum Gasteiger partial charge on any atom is -0.352 e. The monoisotopic (exact) mass is 663 g/mol. The third kappa shape index (κ3) is 8.24. The topological polar surface area (TPSA) is 86.8 Å². The Bertz CT molecular complexity index is 1580. The van der Waals surface area contributed by atoms with Gasteiger partial charge in [0.25, 0.3) is 10.0 Å². The molecule has 1 N–H and O–H groups in total. The summed E-state index contributed by atoms with van der Waals surface area (Å²) in [6.07, 6.45) is 4.97. The lowest BCUT2D eigenvalue weighted by atomic mass is 9.95. The molecule has 1 saturated carbocycles. The fraction of sp³-hybridized carbons (Fsp3) is 0.375. The van der Waals surface area contributed by atoms with E-state index in [1.165, 1.54) is 23.1 Å². The van der Waals surface area contributed by atoms with Gasteiger partial charge in [-0.3, -0.25) is 13.9 Å². The van der Waals surface area contributed by atoms with Gasteiger partial charge < -0.3 is 10.2 Å². The van der Waals surface area contributed by atoms with Gasteiger partial charge in [-0.05, 0) is 81.1 Å². The molecule has 0 aliphatic heterocycles. The number of benzene rings is 3. The van der Waals surface area contributed by atoms with Crippen molar-refractivity contribution in [1.29, 1.82) is 0 Å². The van der Waals surface area contributed by atoms with Crippen molar-refractivity contribution >= 4 is 62.3 Å². The fourth-order valence-electron chi connectivity index (χ4n) is 5.09. The van der Waals surface area contributed by atoms with Crippen LogP contribution < -0.4 is 9.62 Å². The molecule has 230 valence electrons. The van der Waals surface area contributed by atoms with Crippen LogP contribution in [0.3, 0.4) is 0 Å². The highest BCUT2D eigenvalue weighted by atomic mass is 35.5. The van der Waals surface area contributed by atoms with Crippen LogP contribution in [0.4, 0.5) is 5.69 Å². The predicted molar refractivity (Wildman–Crippen MR) is 173 cm³/mol. The quantitative estimate of drug-likeness (QED) is 0.246.